The van der Waals surface area contributed by atoms with Crippen molar-refractivity contribution in [3.05, 3.63) is 40.6 Å². The summed E-state index contributed by atoms with van der Waals surface area (Å²) in [5.74, 6) is 0. The van der Waals surface area contributed by atoms with Gasteiger partial charge in [-0.2, -0.15) is 5.10 Å². The van der Waals surface area contributed by atoms with E-state index in [9.17, 15) is 8.42 Å². The van der Waals surface area contributed by atoms with Gasteiger partial charge >= 0.3 is 0 Å². The van der Waals surface area contributed by atoms with Gasteiger partial charge in [-0.1, -0.05) is 37.9 Å². The molecule has 0 radical (unpaired) electrons. The van der Waals surface area contributed by atoms with Crippen LogP contribution in [-0.4, -0.2) is 24.5 Å². The second-order valence-electron chi connectivity index (χ2n) is 3.80. The number of hydrogen-bond donors (Lipinski definition) is 0. The molecule has 0 aliphatic rings. The van der Waals surface area contributed by atoms with Gasteiger partial charge in [0.2, 0.25) is 0 Å². The fourth-order valence-corrected chi connectivity index (χ4v) is 2.85. The highest BCUT2D eigenvalue weighted by Gasteiger charge is 2.12. The van der Waals surface area contributed by atoms with Gasteiger partial charge in [0, 0.05) is 22.3 Å². The van der Waals surface area contributed by atoms with Crippen molar-refractivity contribution in [2.24, 2.45) is 0 Å². The van der Waals surface area contributed by atoms with Crippen LogP contribution in [0.2, 0.25) is 0 Å². The van der Waals surface area contributed by atoms with Crippen LogP contribution < -0.4 is 0 Å². The maximum Gasteiger partial charge on any atom is 0.178 e. The molecule has 0 spiro atoms. The minimum Gasteiger partial charge on any atom is -0.239 e. The number of nitrogens with zero attached hydrogens (tertiary/aromatic N) is 2. The summed E-state index contributed by atoms with van der Waals surface area (Å²) < 4.78 is 25.3. The first-order chi connectivity index (χ1) is 8.41. The molecule has 0 fully saturated rings. The zero-order valence-corrected chi connectivity index (χ0v) is 13.5. The highest BCUT2D eigenvalue weighted by Crippen LogP contribution is 2.23. The first-order valence-electron chi connectivity index (χ1n) is 5.01. The van der Waals surface area contributed by atoms with Crippen LogP contribution in [0.5, 0.6) is 0 Å². The summed E-state index contributed by atoms with van der Waals surface area (Å²) in [6.07, 6.45) is 4.04. The number of benzene rings is 1. The number of aromatic nitrogens is 2. The van der Waals surface area contributed by atoms with Crippen molar-refractivity contribution < 1.29 is 8.42 Å². The lowest BCUT2D eigenvalue weighted by Crippen LogP contribution is -1.99. The van der Waals surface area contributed by atoms with Crippen molar-refractivity contribution in [3.63, 3.8) is 0 Å². The number of alkyl halides is 1. The van der Waals surface area contributed by atoms with Crippen molar-refractivity contribution >= 4 is 41.7 Å². The summed E-state index contributed by atoms with van der Waals surface area (Å²) in [6, 6.07) is 5.78. The zero-order chi connectivity index (χ0) is 13.3. The number of rotatable bonds is 3. The SMILES string of the molecule is CS(=O)(=O)c1cnn(-c2cc(Br)ccc2CBr)c1. The standard InChI is InChI=1S/C11H10Br2N2O2S/c1-18(16,17)10-6-14-15(7-10)11-4-9(13)3-2-8(11)5-12/h2-4,6-7H,5H2,1H3. The maximum absolute atomic E-state index is 11.4. The lowest BCUT2D eigenvalue weighted by molar-refractivity contribution is 0.602. The van der Waals surface area contributed by atoms with Crippen LogP contribution in [0.15, 0.2) is 40.0 Å². The van der Waals surface area contributed by atoms with E-state index in [2.05, 4.69) is 37.0 Å². The van der Waals surface area contributed by atoms with E-state index in [1.54, 1.807) is 4.68 Å². The lowest BCUT2D eigenvalue weighted by Gasteiger charge is -2.07. The molecule has 0 amide bonds. The van der Waals surface area contributed by atoms with Gasteiger partial charge in [-0.05, 0) is 17.7 Å². The van der Waals surface area contributed by atoms with Gasteiger partial charge in [0.1, 0.15) is 4.90 Å². The molecule has 0 unspecified atom stereocenters. The van der Waals surface area contributed by atoms with Crippen LogP contribution >= 0.6 is 31.9 Å². The maximum atomic E-state index is 11.4. The van der Waals surface area contributed by atoms with Crippen molar-refractivity contribution in [2.45, 2.75) is 10.2 Å². The molecule has 0 atom stereocenters. The Bertz CT molecular complexity index is 680. The highest BCUT2D eigenvalue weighted by atomic mass is 79.9. The van der Waals surface area contributed by atoms with Crippen LogP contribution in [0, 0.1) is 0 Å². The van der Waals surface area contributed by atoms with Gasteiger partial charge in [0.05, 0.1) is 11.9 Å². The van der Waals surface area contributed by atoms with Gasteiger partial charge in [-0.15, -0.1) is 0 Å². The second kappa shape index (κ2) is 5.14. The summed E-state index contributed by atoms with van der Waals surface area (Å²) in [5, 5.41) is 4.77. The molecule has 0 bridgehead atoms. The van der Waals surface area contributed by atoms with Crippen LogP contribution in [0.4, 0.5) is 0 Å². The molecule has 0 N–H and O–H groups in total. The van der Waals surface area contributed by atoms with Gasteiger partial charge < -0.3 is 0 Å². The predicted molar refractivity (Wildman–Crippen MR) is 77.0 cm³/mol. The summed E-state index contributed by atoms with van der Waals surface area (Å²) >= 11 is 6.80. The normalized spacial score (nSPS) is 11.7. The molecule has 18 heavy (non-hydrogen) atoms. The van der Waals surface area contributed by atoms with E-state index in [1.165, 1.54) is 18.6 Å². The largest absolute Gasteiger partial charge is 0.239 e. The highest BCUT2D eigenvalue weighted by molar-refractivity contribution is 9.10. The Labute approximate surface area is 122 Å². The van der Waals surface area contributed by atoms with E-state index in [4.69, 9.17) is 0 Å². The van der Waals surface area contributed by atoms with Gasteiger partial charge in [0.15, 0.2) is 9.84 Å². The molecular weight excluding hydrogens is 384 g/mol. The van der Waals surface area contributed by atoms with E-state index >= 15 is 0 Å². The van der Waals surface area contributed by atoms with Crippen LogP contribution in [0.1, 0.15) is 5.56 Å². The lowest BCUT2D eigenvalue weighted by atomic mass is 10.2. The first kappa shape index (κ1) is 13.8. The Morgan fingerprint density at radius 3 is 2.67 bits per heavy atom. The van der Waals surface area contributed by atoms with Crippen molar-refractivity contribution in [3.8, 4) is 5.69 Å². The Morgan fingerprint density at radius 1 is 1.39 bits per heavy atom. The molecular formula is C11H10Br2N2O2S. The molecule has 2 aromatic rings. The third kappa shape index (κ3) is 2.84. The third-order valence-electron chi connectivity index (χ3n) is 2.43. The third-order valence-corrected chi connectivity index (χ3v) is 4.59. The molecule has 1 aromatic heterocycles. The Kier molecular flexibility index (Phi) is 3.93. The topological polar surface area (TPSA) is 52.0 Å². The van der Waals surface area contributed by atoms with Crippen LogP contribution in [0.25, 0.3) is 5.69 Å². The zero-order valence-electron chi connectivity index (χ0n) is 9.47. The molecule has 4 nitrogen and oxygen atoms in total. The minimum atomic E-state index is -3.23. The monoisotopic (exact) mass is 392 g/mol. The molecule has 0 aliphatic carbocycles. The first-order valence-corrected chi connectivity index (χ1v) is 8.82. The van der Waals surface area contributed by atoms with E-state index < -0.39 is 9.84 Å². The molecule has 7 heteroatoms. The van der Waals surface area contributed by atoms with Gasteiger partial charge in [-0.3, -0.25) is 0 Å². The van der Waals surface area contributed by atoms with E-state index in [-0.39, 0.29) is 4.90 Å². The van der Waals surface area contributed by atoms with Crippen molar-refractivity contribution in [2.75, 3.05) is 6.26 Å². The molecule has 0 saturated heterocycles. The number of halogens is 2. The van der Waals surface area contributed by atoms with E-state index in [0.717, 1.165) is 15.7 Å². The van der Waals surface area contributed by atoms with Gasteiger partial charge in [-0.25, -0.2) is 13.1 Å². The van der Waals surface area contributed by atoms with Crippen molar-refractivity contribution in [1.82, 2.24) is 9.78 Å². The quantitative estimate of drug-likeness (QED) is 0.753. The Balaban J connectivity index is 2.55. The molecule has 0 aliphatic heterocycles. The van der Waals surface area contributed by atoms with E-state index in [0.29, 0.717) is 5.33 Å². The van der Waals surface area contributed by atoms with E-state index in [1.807, 2.05) is 18.2 Å². The Morgan fingerprint density at radius 2 is 2.11 bits per heavy atom. The average molecular weight is 394 g/mol. The summed E-state index contributed by atoms with van der Waals surface area (Å²) in [7, 11) is -3.23. The number of sulfone groups is 1. The molecule has 96 valence electrons. The fraction of sp³-hybridized carbons (Fsp3) is 0.182. The number of hydrogen-bond acceptors (Lipinski definition) is 3. The molecule has 0 saturated carbocycles. The molecule has 1 aromatic carbocycles. The fourth-order valence-electron chi connectivity index (χ4n) is 1.49. The second-order valence-corrected chi connectivity index (χ2v) is 7.29. The average Bonchev–Trinajstić information content (AvgIpc) is 2.77. The van der Waals surface area contributed by atoms with Crippen molar-refractivity contribution in [1.29, 1.82) is 0 Å². The molecule has 1 heterocycles. The molecule has 2 rings (SSSR count). The minimum absolute atomic E-state index is 0.211. The predicted octanol–water partition coefficient (Wildman–Crippen LogP) is 2.93. The smallest absolute Gasteiger partial charge is 0.178 e. The summed E-state index contributed by atoms with van der Waals surface area (Å²) in [5.41, 5.74) is 1.87. The van der Waals surface area contributed by atoms with Crippen LogP contribution in [-0.2, 0) is 15.2 Å². The Hall–Kier alpha value is -0.660. The van der Waals surface area contributed by atoms with Crippen LogP contribution in [0.3, 0.4) is 0 Å². The summed E-state index contributed by atoms with van der Waals surface area (Å²) in [4.78, 5) is 0.211. The summed E-state index contributed by atoms with van der Waals surface area (Å²) in [6.45, 7) is 0. The van der Waals surface area contributed by atoms with Gasteiger partial charge in [0.25, 0.3) is 0 Å².